The molecule has 2 unspecified atom stereocenters. The third-order valence-electron chi connectivity index (χ3n) is 4.67. The molecule has 4 heteroatoms. The molecule has 1 saturated carbocycles. The third kappa shape index (κ3) is 2.99. The summed E-state index contributed by atoms with van der Waals surface area (Å²) in [6, 6.07) is 8.12. The Balaban J connectivity index is 1.94. The number of fused-ring (bicyclic) bond motifs is 1. The summed E-state index contributed by atoms with van der Waals surface area (Å²) < 4.78 is 5.81. The van der Waals surface area contributed by atoms with Gasteiger partial charge in [0.05, 0.1) is 18.2 Å². The van der Waals surface area contributed by atoms with Gasteiger partial charge in [-0.15, -0.1) is 0 Å². The first-order chi connectivity index (χ1) is 10.3. The Morgan fingerprint density at radius 2 is 1.95 bits per heavy atom. The summed E-state index contributed by atoms with van der Waals surface area (Å²) in [5.74, 6) is -0.0217. The van der Waals surface area contributed by atoms with Crippen molar-refractivity contribution in [2.24, 2.45) is 5.92 Å². The molecule has 0 radical (unpaired) electrons. The van der Waals surface area contributed by atoms with Crippen LogP contribution in [-0.4, -0.2) is 30.3 Å². The van der Waals surface area contributed by atoms with Crippen LogP contribution < -0.4 is 9.64 Å². The molecule has 1 fully saturated rings. The van der Waals surface area contributed by atoms with Crippen LogP contribution in [0.25, 0.3) is 0 Å². The van der Waals surface area contributed by atoms with Gasteiger partial charge in [-0.1, -0.05) is 31.4 Å². The molecular weight excluding hydrogens is 266 g/mol. The van der Waals surface area contributed by atoms with Crippen molar-refractivity contribution in [3.8, 4) is 5.75 Å². The van der Waals surface area contributed by atoms with E-state index in [1.54, 1.807) is 0 Å². The number of hydrogen-bond acceptors (Lipinski definition) is 3. The monoisotopic (exact) mass is 289 g/mol. The molecule has 3 rings (SSSR count). The van der Waals surface area contributed by atoms with Gasteiger partial charge in [0.1, 0.15) is 5.75 Å². The number of hydrogen-bond donors (Lipinski definition) is 1. The highest BCUT2D eigenvalue weighted by atomic mass is 16.5. The van der Waals surface area contributed by atoms with E-state index in [1.807, 2.05) is 18.2 Å². The summed E-state index contributed by atoms with van der Waals surface area (Å²) in [6.45, 7) is 1.59. The second kappa shape index (κ2) is 6.37. The van der Waals surface area contributed by atoms with Gasteiger partial charge in [-0.05, 0) is 31.4 Å². The van der Waals surface area contributed by atoms with E-state index in [0.717, 1.165) is 56.5 Å². The van der Waals surface area contributed by atoms with Crippen molar-refractivity contribution in [3.63, 3.8) is 0 Å². The highest BCUT2D eigenvalue weighted by Gasteiger charge is 2.35. The van der Waals surface area contributed by atoms with Gasteiger partial charge in [-0.25, -0.2) is 0 Å². The Morgan fingerprint density at radius 3 is 2.81 bits per heavy atom. The average Bonchev–Trinajstić information content (AvgIpc) is 2.85. The summed E-state index contributed by atoms with van der Waals surface area (Å²) in [4.78, 5) is 14.0. The Hall–Kier alpha value is -1.71. The van der Waals surface area contributed by atoms with Crippen molar-refractivity contribution in [2.45, 2.75) is 44.6 Å². The minimum absolute atomic E-state index is 0.0906. The van der Waals surface area contributed by atoms with Crippen LogP contribution in [0.2, 0.25) is 0 Å². The van der Waals surface area contributed by atoms with Gasteiger partial charge < -0.3 is 14.7 Å². The van der Waals surface area contributed by atoms with Crippen molar-refractivity contribution in [2.75, 3.05) is 18.1 Å². The van der Waals surface area contributed by atoms with E-state index < -0.39 is 5.97 Å². The van der Waals surface area contributed by atoms with Gasteiger partial charge >= 0.3 is 5.97 Å². The number of benzene rings is 1. The number of carbonyl (C=O) groups is 1. The van der Waals surface area contributed by atoms with Crippen LogP contribution in [0.15, 0.2) is 24.3 Å². The van der Waals surface area contributed by atoms with Crippen molar-refractivity contribution >= 4 is 11.7 Å². The first-order valence-corrected chi connectivity index (χ1v) is 7.98. The van der Waals surface area contributed by atoms with Gasteiger partial charge in [0, 0.05) is 12.6 Å². The van der Waals surface area contributed by atoms with E-state index >= 15 is 0 Å². The van der Waals surface area contributed by atoms with Gasteiger partial charge in [0.15, 0.2) is 0 Å². The smallest absolute Gasteiger partial charge is 0.308 e. The Kier molecular flexibility index (Phi) is 4.32. The number of carboxylic acid groups (broad SMARTS) is 1. The molecule has 2 atom stereocenters. The summed E-state index contributed by atoms with van der Waals surface area (Å²) >= 11 is 0. The van der Waals surface area contributed by atoms with Crippen molar-refractivity contribution in [1.29, 1.82) is 0 Å². The van der Waals surface area contributed by atoms with Crippen molar-refractivity contribution in [3.05, 3.63) is 24.3 Å². The Bertz CT molecular complexity index is 503. The molecule has 4 nitrogen and oxygen atoms in total. The molecule has 0 bridgehead atoms. The topological polar surface area (TPSA) is 49.8 Å². The second-order valence-electron chi connectivity index (χ2n) is 6.01. The third-order valence-corrected chi connectivity index (χ3v) is 4.67. The van der Waals surface area contributed by atoms with Crippen LogP contribution >= 0.6 is 0 Å². The highest BCUT2D eigenvalue weighted by molar-refractivity contribution is 5.72. The lowest BCUT2D eigenvalue weighted by atomic mass is 9.92. The fraction of sp³-hybridized carbons (Fsp3) is 0.588. The zero-order valence-corrected chi connectivity index (χ0v) is 12.3. The number of nitrogens with zero attached hydrogens (tertiary/aromatic N) is 1. The molecule has 0 amide bonds. The first-order valence-electron chi connectivity index (χ1n) is 7.98. The van der Waals surface area contributed by atoms with Crippen LogP contribution in [-0.2, 0) is 4.79 Å². The van der Waals surface area contributed by atoms with Gasteiger partial charge in [0.25, 0.3) is 0 Å². The van der Waals surface area contributed by atoms with Crippen LogP contribution in [0.5, 0.6) is 5.75 Å². The lowest BCUT2D eigenvalue weighted by molar-refractivity contribution is -0.142. The standard InChI is InChI=1S/C17H23NO3/c19-17(20)13-7-2-1-3-8-14(13)18-11-6-12-21-16-10-5-4-9-15(16)18/h4-5,9-10,13-14H,1-3,6-8,11-12H2,(H,19,20). The second-order valence-corrected chi connectivity index (χ2v) is 6.01. The maximum atomic E-state index is 11.7. The molecule has 2 aliphatic rings. The van der Waals surface area contributed by atoms with E-state index in [2.05, 4.69) is 11.0 Å². The molecule has 1 N–H and O–H groups in total. The maximum Gasteiger partial charge on any atom is 0.308 e. The average molecular weight is 289 g/mol. The number of para-hydroxylation sites is 2. The molecule has 114 valence electrons. The minimum Gasteiger partial charge on any atom is -0.491 e. The summed E-state index contributed by atoms with van der Waals surface area (Å²) in [5.41, 5.74) is 1.06. The molecule has 1 aliphatic carbocycles. The van der Waals surface area contributed by atoms with Crippen molar-refractivity contribution < 1.29 is 14.6 Å². The predicted molar refractivity (Wildman–Crippen MR) is 81.9 cm³/mol. The molecule has 1 heterocycles. The number of aliphatic carboxylic acids is 1. The predicted octanol–water partition coefficient (Wildman–Crippen LogP) is 3.31. The molecule has 0 spiro atoms. The number of ether oxygens (including phenoxy) is 1. The van der Waals surface area contributed by atoms with E-state index in [0.29, 0.717) is 6.61 Å². The normalized spacial score (nSPS) is 26.2. The Labute approximate surface area is 125 Å². The highest BCUT2D eigenvalue weighted by Crippen LogP contribution is 2.37. The largest absolute Gasteiger partial charge is 0.491 e. The van der Waals surface area contributed by atoms with Gasteiger partial charge in [0.2, 0.25) is 0 Å². The fourth-order valence-corrected chi connectivity index (χ4v) is 3.65. The van der Waals surface area contributed by atoms with E-state index in [1.165, 1.54) is 0 Å². The van der Waals surface area contributed by atoms with Gasteiger partial charge in [-0.2, -0.15) is 0 Å². The first kappa shape index (κ1) is 14.2. The lowest BCUT2D eigenvalue weighted by Crippen LogP contribution is -2.43. The lowest BCUT2D eigenvalue weighted by Gasteiger charge is -2.35. The number of rotatable bonds is 2. The van der Waals surface area contributed by atoms with Crippen LogP contribution in [0.3, 0.4) is 0 Å². The molecular formula is C17H23NO3. The molecule has 1 aliphatic heterocycles. The van der Waals surface area contributed by atoms with E-state index in [9.17, 15) is 9.90 Å². The van der Waals surface area contributed by atoms with E-state index in [4.69, 9.17) is 4.74 Å². The number of carboxylic acids is 1. The molecule has 1 aromatic carbocycles. The Morgan fingerprint density at radius 1 is 1.14 bits per heavy atom. The van der Waals surface area contributed by atoms with Gasteiger partial charge in [-0.3, -0.25) is 4.79 Å². The zero-order chi connectivity index (χ0) is 14.7. The summed E-state index contributed by atoms with van der Waals surface area (Å²) in [7, 11) is 0. The quantitative estimate of drug-likeness (QED) is 0.849. The zero-order valence-electron chi connectivity index (χ0n) is 12.3. The van der Waals surface area contributed by atoms with Crippen LogP contribution in [0, 0.1) is 5.92 Å². The van der Waals surface area contributed by atoms with Crippen LogP contribution in [0.1, 0.15) is 38.5 Å². The molecule has 0 saturated heterocycles. The molecule has 0 aromatic heterocycles. The fourth-order valence-electron chi connectivity index (χ4n) is 3.65. The van der Waals surface area contributed by atoms with E-state index in [-0.39, 0.29) is 12.0 Å². The van der Waals surface area contributed by atoms with Crippen LogP contribution in [0.4, 0.5) is 5.69 Å². The molecule has 21 heavy (non-hydrogen) atoms. The number of anilines is 1. The minimum atomic E-state index is -0.649. The molecule has 1 aromatic rings. The summed E-state index contributed by atoms with van der Waals surface area (Å²) in [5, 5.41) is 9.62. The maximum absolute atomic E-state index is 11.7. The summed E-state index contributed by atoms with van der Waals surface area (Å²) in [6.07, 6.45) is 5.99. The SMILES string of the molecule is O=C(O)C1CCCCCC1N1CCCOc2ccccc21. The van der Waals surface area contributed by atoms with Crippen molar-refractivity contribution in [1.82, 2.24) is 0 Å².